The SMILES string of the molecule is COC(OC)OCC=C(C)CCC=C(C)C. The van der Waals surface area contributed by atoms with Crippen molar-refractivity contribution in [1.29, 1.82) is 0 Å². The molecule has 0 fully saturated rings. The second-order valence-corrected chi connectivity index (χ2v) is 3.96. The van der Waals surface area contributed by atoms with E-state index in [1.54, 1.807) is 14.2 Å². The van der Waals surface area contributed by atoms with Gasteiger partial charge in [0.15, 0.2) is 0 Å². The number of allylic oxidation sites excluding steroid dienone is 3. The molecule has 0 aliphatic carbocycles. The molecule has 0 spiro atoms. The van der Waals surface area contributed by atoms with Crippen LogP contribution in [0.15, 0.2) is 23.3 Å². The van der Waals surface area contributed by atoms with Crippen LogP contribution >= 0.6 is 0 Å². The van der Waals surface area contributed by atoms with E-state index >= 15 is 0 Å². The molecule has 0 bridgehead atoms. The summed E-state index contributed by atoms with van der Waals surface area (Å²) < 4.78 is 15.1. The maximum absolute atomic E-state index is 5.30. The highest BCUT2D eigenvalue weighted by molar-refractivity contribution is 5.02. The highest BCUT2D eigenvalue weighted by Gasteiger charge is 2.02. The minimum Gasteiger partial charge on any atom is -0.333 e. The largest absolute Gasteiger partial charge is 0.333 e. The van der Waals surface area contributed by atoms with Gasteiger partial charge in [-0.2, -0.15) is 0 Å². The van der Waals surface area contributed by atoms with Crippen molar-refractivity contribution in [3.8, 4) is 0 Å². The summed E-state index contributed by atoms with van der Waals surface area (Å²) in [6.07, 6.45) is 6.46. The summed E-state index contributed by atoms with van der Waals surface area (Å²) in [5, 5.41) is 0. The fourth-order valence-electron chi connectivity index (χ4n) is 1.19. The van der Waals surface area contributed by atoms with Gasteiger partial charge in [-0.25, -0.2) is 0 Å². The summed E-state index contributed by atoms with van der Waals surface area (Å²) in [5.74, 6) is 0. The monoisotopic (exact) mass is 228 g/mol. The molecule has 0 heterocycles. The molecule has 0 radical (unpaired) electrons. The van der Waals surface area contributed by atoms with E-state index in [4.69, 9.17) is 14.2 Å². The van der Waals surface area contributed by atoms with E-state index in [1.165, 1.54) is 11.1 Å². The molecule has 0 aromatic rings. The zero-order chi connectivity index (χ0) is 12.4. The van der Waals surface area contributed by atoms with Gasteiger partial charge in [0.1, 0.15) is 0 Å². The van der Waals surface area contributed by atoms with Crippen molar-refractivity contribution in [2.75, 3.05) is 20.8 Å². The Hall–Kier alpha value is -0.640. The van der Waals surface area contributed by atoms with E-state index in [9.17, 15) is 0 Å². The average molecular weight is 228 g/mol. The van der Waals surface area contributed by atoms with Crippen LogP contribution in [0.2, 0.25) is 0 Å². The van der Waals surface area contributed by atoms with Gasteiger partial charge in [0.2, 0.25) is 0 Å². The first-order valence-corrected chi connectivity index (χ1v) is 5.56. The molecule has 0 atom stereocenters. The van der Waals surface area contributed by atoms with Gasteiger partial charge in [0.05, 0.1) is 6.61 Å². The van der Waals surface area contributed by atoms with Crippen LogP contribution in [-0.4, -0.2) is 27.3 Å². The molecule has 94 valence electrons. The average Bonchev–Trinajstić information content (AvgIpc) is 2.24. The Labute approximate surface area is 99.1 Å². The molecule has 0 aliphatic rings. The Balaban J connectivity index is 3.74. The zero-order valence-electron chi connectivity index (χ0n) is 11.1. The fraction of sp³-hybridized carbons (Fsp3) is 0.692. The number of rotatable bonds is 8. The second kappa shape index (κ2) is 9.58. The first-order valence-electron chi connectivity index (χ1n) is 5.56. The van der Waals surface area contributed by atoms with E-state index in [-0.39, 0.29) is 0 Å². The molecule has 0 saturated heterocycles. The topological polar surface area (TPSA) is 27.7 Å². The van der Waals surface area contributed by atoms with Gasteiger partial charge in [-0.3, -0.25) is 0 Å². The highest BCUT2D eigenvalue weighted by atomic mass is 16.8. The van der Waals surface area contributed by atoms with E-state index < -0.39 is 6.48 Å². The predicted octanol–water partition coefficient (Wildman–Crippen LogP) is 3.27. The molecular formula is C13H24O3. The zero-order valence-corrected chi connectivity index (χ0v) is 11.1. The van der Waals surface area contributed by atoms with Crippen molar-refractivity contribution < 1.29 is 14.2 Å². The van der Waals surface area contributed by atoms with Gasteiger partial charge < -0.3 is 14.2 Å². The lowest BCUT2D eigenvalue weighted by Gasteiger charge is -2.12. The molecule has 3 nitrogen and oxygen atoms in total. The first kappa shape index (κ1) is 15.4. The molecule has 0 aromatic carbocycles. The van der Waals surface area contributed by atoms with E-state index in [0.717, 1.165) is 12.8 Å². The molecule has 3 heteroatoms. The van der Waals surface area contributed by atoms with Crippen molar-refractivity contribution >= 4 is 0 Å². The van der Waals surface area contributed by atoms with Crippen LogP contribution in [0.5, 0.6) is 0 Å². The molecule has 0 rings (SSSR count). The maximum atomic E-state index is 5.30. The van der Waals surface area contributed by atoms with Gasteiger partial charge in [-0.05, 0) is 33.6 Å². The van der Waals surface area contributed by atoms with Crippen molar-refractivity contribution in [2.45, 2.75) is 40.1 Å². The Morgan fingerprint density at radius 3 is 2.19 bits per heavy atom. The molecule has 0 unspecified atom stereocenters. The number of hydrogen-bond donors (Lipinski definition) is 0. The van der Waals surface area contributed by atoms with E-state index in [1.807, 2.05) is 0 Å². The van der Waals surface area contributed by atoms with Crippen LogP contribution in [0.1, 0.15) is 33.6 Å². The second-order valence-electron chi connectivity index (χ2n) is 3.96. The number of ether oxygens (including phenoxy) is 3. The standard InChI is InChI=1S/C13H24O3/c1-11(2)7-6-8-12(3)9-10-16-13(14-4)15-5/h7,9,13H,6,8,10H2,1-5H3. The van der Waals surface area contributed by atoms with Gasteiger partial charge in [-0.1, -0.05) is 23.3 Å². The summed E-state index contributed by atoms with van der Waals surface area (Å²) in [7, 11) is 3.11. The lowest BCUT2D eigenvalue weighted by Crippen LogP contribution is -2.17. The first-order chi connectivity index (χ1) is 7.60. The van der Waals surface area contributed by atoms with Gasteiger partial charge >= 0.3 is 0 Å². The van der Waals surface area contributed by atoms with Crippen LogP contribution < -0.4 is 0 Å². The Morgan fingerprint density at radius 2 is 1.69 bits per heavy atom. The minimum absolute atomic E-state index is 0.521. The molecule has 16 heavy (non-hydrogen) atoms. The van der Waals surface area contributed by atoms with Crippen LogP contribution in [-0.2, 0) is 14.2 Å². The summed E-state index contributed by atoms with van der Waals surface area (Å²) in [6.45, 7) is 6.29. The van der Waals surface area contributed by atoms with Crippen molar-refractivity contribution in [2.24, 2.45) is 0 Å². The fourth-order valence-corrected chi connectivity index (χ4v) is 1.19. The minimum atomic E-state index is -0.568. The van der Waals surface area contributed by atoms with Crippen LogP contribution in [0.3, 0.4) is 0 Å². The Kier molecular flexibility index (Phi) is 9.19. The van der Waals surface area contributed by atoms with Crippen molar-refractivity contribution in [1.82, 2.24) is 0 Å². The molecule has 0 amide bonds. The molecule has 0 N–H and O–H groups in total. The van der Waals surface area contributed by atoms with Crippen LogP contribution in [0.4, 0.5) is 0 Å². The number of hydrogen-bond acceptors (Lipinski definition) is 3. The number of methoxy groups -OCH3 is 2. The molecule has 0 aromatic heterocycles. The molecule has 0 saturated carbocycles. The third kappa shape index (κ3) is 8.65. The Morgan fingerprint density at radius 1 is 1.06 bits per heavy atom. The predicted molar refractivity (Wildman–Crippen MR) is 66.2 cm³/mol. The van der Waals surface area contributed by atoms with E-state index in [2.05, 4.69) is 32.9 Å². The smallest absolute Gasteiger partial charge is 0.271 e. The normalized spacial score (nSPS) is 12.0. The summed E-state index contributed by atoms with van der Waals surface area (Å²) in [4.78, 5) is 0. The van der Waals surface area contributed by atoms with Gasteiger partial charge in [-0.15, -0.1) is 0 Å². The van der Waals surface area contributed by atoms with Crippen LogP contribution in [0, 0.1) is 0 Å². The quantitative estimate of drug-likeness (QED) is 0.471. The lowest BCUT2D eigenvalue weighted by atomic mass is 10.1. The summed E-state index contributed by atoms with van der Waals surface area (Å²) in [5.41, 5.74) is 2.69. The van der Waals surface area contributed by atoms with Crippen molar-refractivity contribution in [3.63, 3.8) is 0 Å². The molecule has 0 aliphatic heterocycles. The van der Waals surface area contributed by atoms with Crippen LogP contribution in [0.25, 0.3) is 0 Å². The van der Waals surface area contributed by atoms with Gasteiger partial charge in [0, 0.05) is 14.2 Å². The Bertz CT molecular complexity index is 223. The summed E-state index contributed by atoms with van der Waals surface area (Å²) >= 11 is 0. The van der Waals surface area contributed by atoms with Gasteiger partial charge in [0.25, 0.3) is 6.48 Å². The van der Waals surface area contributed by atoms with E-state index in [0.29, 0.717) is 6.61 Å². The highest BCUT2D eigenvalue weighted by Crippen LogP contribution is 2.06. The maximum Gasteiger partial charge on any atom is 0.271 e. The third-order valence-electron chi connectivity index (χ3n) is 2.14. The lowest BCUT2D eigenvalue weighted by molar-refractivity contribution is -0.260. The third-order valence-corrected chi connectivity index (χ3v) is 2.14. The molecular weight excluding hydrogens is 204 g/mol. The van der Waals surface area contributed by atoms with Crippen molar-refractivity contribution in [3.05, 3.63) is 23.3 Å². The summed E-state index contributed by atoms with van der Waals surface area (Å²) in [6, 6.07) is 0.